The highest BCUT2D eigenvalue weighted by Gasteiger charge is 2.27. The molecule has 0 aliphatic rings. The smallest absolute Gasteiger partial charge is 0.241 e. The molecule has 0 aromatic carbocycles. The maximum Gasteiger partial charge on any atom is 0.241 e. The van der Waals surface area contributed by atoms with Crippen molar-refractivity contribution in [3.05, 3.63) is 10.8 Å². The van der Waals surface area contributed by atoms with Gasteiger partial charge >= 0.3 is 0 Å². The summed E-state index contributed by atoms with van der Waals surface area (Å²) in [6.07, 6.45) is 0. The predicted molar refractivity (Wildman–Crippen MR) is 76.6 cm³/mol. The van der Waals surface area contributed by atoms with Crippen molar-refractivity contribution in [2.24, 2.45) is 11.8 Å². The Hall–Kier alpha value is 0.337. The van der Waals surface area contributed by atoms with Crippen molar-refractivity contribution in [3.8, 4) is 0 Å². The molecular formula is C12H24Cl2OSi. The van der Waals surface area contributed by atoms with E-state index in [0.29, 0.717) is 5.92 Å². The maximum atomic E-state index is 6.38. The van der Waals surface area contributed by atoms with Crippen LogP contribution in [0.15, 0.2) is 10.8 Å². The van der Waals surface area contributed by atoms with E-state index in [1.54, 1.807) is 0 Å². The second kappa shape index (κ2) is 6.32. The molecule has 0 N–H and O–H groups in total. The van der Waals surface area contributed by atoms with Crippen LogP contribution in [0.4, 0.5) is 0 Å². The van der Waals surface area contributed by atoms with E-state index in [9.17, 15) is 0 Å². The third kappa shape index (κ3) is 5.60. The van der Waals surface area contributed by atoms with Gasteiger partial charge in [0, 0.05) is 0 Å². The molecule has 0 fully saturated rings. The fourth-order valence-corrected chi connectivity index (χ4v) is 2.56. The summed E-state index contributed by atoms with van der Waals surface area (Å²) in [5.74, 6) is 1.36. The Bertz CT molecular complexity index is 254. The van der Waals surface area contributed by atoms with Crippen molar-refractivity contribution >= 4 is 31.5 Å². The first-order valence-electron chi connectivity index (χ1n) is 5.79. The molecule has 1 unspecified atom stereocenters. The molecule has 0 aliphatic carbocycles. The number of hydrogen-bond acceptors (Lipinski definition) is 1. The van der Waals surface area contributed by atoms with Gasteiger partial charge in [-0.05, 0) is 31.5 Å². The summed E-state index contributed by atoms with van der Waals surface area (Å²) in [4.78, 5) is 0. The summed E-state index contributed by atoms with van der Waals surface area (Å²) in [6.45, 7) is 14.7. The van der Waals surface area contributed by atoms with Gasteiger partial charge in [-0.1, -0.05) is 39.3 Å². The fraction of sp³-hybridized carbons (Fsp3) is 0.833. The monoisotopic (exact) mass is 282 g/mol. The van der Waals surface area contributed by atoms with Crippen LogP contribution in [0.25, 0.3) is 0 Å². The number of halogens is 2. The summed E-state index contributed by atoms with van der Waals surface area (Å²) >= 11 is 12.7. The van der Waals surface area contributed by atoms with E-state index in [1.807, 2.05) is 0 Å². The SMILES string of the molecule is CC(C)/C(Cl)=C(/O[Si](C)(C)C)C(Cl)C(C)C. The molecule has 0 saturated heterocycles. The van der Waals surface area contributed by atoms with Crippen molar-refractivity contribution in [1.29, 1.82) is 0 Å². The summed E-state index contributed by atoms with van der Waals surface area (Å²) < 4.78 is 6.04. The van der Waals surface area contributed by atoms with Crippen molar-refractivity contribution < 1.29 is 4.43 Å². The zero-order valence-corrected chi connectivity index (χ0v) is 13.9. The summed E-state index contributed by atoms with van der Waals surface area (Å²) in [6, 6.07) is 0. The van der Waals surface area contributed by atoms with Crippen molar-refractivity contribution in [3.63, 3.8) is 0 Å². The lowest BCUT2D eigenvalue weighted by Crippen LogP contribution is -2.30. The van der Waals surface area contributed by atoms with Gasteiger partial charge in [0.2, 0.25) is 8.32 Å². The van der Waals surface area contributed by atoms with Gasteiger partial charge in [0.15, 0.2) is 0 Å². The van der Waals surface area contributed by atoms with Gasteiger partial charge in [-0.15, -0.1) is 11.6 Å². The average molecular weight is 283 g/mol. The highest BCUT2D eigenvalue weighted by atomic mass is 35.5. The molecule has 0 saturated carbocycles. The average Bonchev–Trinajstić information content (AvgIpc) is 2.10. The third-order valence-corrected chi connectivity index (χ3v) is 4.15. The Morgan fingerprint density at radius 2 is 1.50 bits per heavy atom. The second-order valence-electron chi connectivity index (χ2n) is 5.73. The van der Waals surface area contributed by atoms with Crippen LogP contribution < -0.4 is 0 Å². The van der Waals surface area contributed by atoms with E-state index < -0.39 is 8.32 Å². The molecule has 4 heteroatoms. The number of hydrogen-bond donors (Lipinski definition) is 0. The zero-order chi connectivity index (χ0) is 13.1. The molecule has 0 rings (SSSR count). The fourth-order valence-electron chi connectivity index (χ4n) is 1.15. The lowest BCUT2D eigenvalue weighted by atomic mass is 10.1. The van der Waals surface area contributed by atoms with Gasteiger partial charge in [-0.25, -0.2) is 0 Å². The molecule has 1 nitrogen and oxygen atoms in total. The minimum Gasteiger partial charge on any atom is -0.545 e. The standard InChI is InChI=1S/C12H24Cl2OSi/c1-8(2)10(13)12(11(14)9(3)4)15-16(5,6)7/h8-10H,1-7H3/b12-11-. The molecule has 0 bridgehead atoms. The lowest BCUT2D eigenvalue weighted by molar-refractivity contribution is 0.371. The summed E-state index contributed by atoms with van der Waals surface area (Å²) in [5.41, 5.74) is 0. The van der Waals surface area contributed by atoms with E-state index in [-0.39, 0.29) is 11.3 Å². The Balaban J connectivity index is 5.15. The van der Waals surface area contributed by atoms with E-state index in [1.165, 1.54) is 0 Å². The van der Waals surface area contributed by atoms with Crippen LogP contribution in [0.3, 0.4) is 0 Å². The van der Waals surface area contributed by atoms with Crippen LogP contribution in [0.1, 0.15) is 27.7 Å². The number of alkyl halides is 1. The van der Waals surface area contributed by atoms with Gasteiger partial charge in [-0.3, -0.25) is 0 Å². The maximum absolute atomic E-state index is 6.38. The first-order chi connectivity index (χ1) is 7.06. The van der Waals surface area contributed by atoms with E-state index in [4.69, 9.17) is 27.6 Å². The summed E-state index contributed by atoms with van der Waals surface area (Å²) in [5, 5.41) is 0.623. The van der Waals surface area contributed by atoms with E-state index >= 15 is 0 Å². The van der Waals surface area contributed by atoms with Crippen LogP contribution in [0, 0.1) is 11.8 Å². The van der Waals surface area contributed by atoms with Gasteiger partial charge in [0.05, 0.1) is 10.4 Å². The van der Waals surface area contributed by atoms with Gasteiger partial charge in [-0.2, -0.15) is 0 Å². The molecule has 0 radical (unpaired) electrons. The quantitative estimate of drug-likeness (QED) is 0.382. The predicted octanol–water partition coefficient (Wildman–Crippen LogP) is 5.21. The normalized spacial score (nSPS) is 16.4. The van der Waals surface area contributed by atoms with Crippen LogP contribution in [0.5, 0.6) is 0 Å². The minimum absolute atomic E-state index is 0.137. The first-order valence-corrected chi connectivity index (χ1v) is 10.0. The Morgan fingerprint density at radius 3 is 1.75 bits per heavy atom. The molecular weight excluding hydrogens is 259 g/mol. The number of rotatable bonds is 5. The molecule has 0 aromatic rings. The van der Waals surface area contributed by atoms with Crippen molar-refractivity contribution in [2.75, 3.05) is 0 Å². The zero-order valence-electron chi connectivity index (χ0n) is 11.4. The van der Waals surface area contributed by atoms with E-state index in [2.05, 4.69) is 47.3 Å². The largest absolute Gasteiger partial charge is 0.545 e. The molecule has 0 aliphatic heterocycles. The minimum atomic E-state index is -1.66. The van der Waals surface area contributed by atoms with Gasteiger partial charge in [0.25, 0.3) is 0 Å². The first kappa shape index (κ1) is 16.3. The topological polar surface area (TPSA) is 9.23 Å². The van der Waals surface area contributed by atoms with E-state index in [0.717, 1.165) is 10.8 Å². The Morgan fingerprint density at radius 1 is 1.06 bits per heavy atom. The molecule has 96 valence electrons. The molecule has 16 heavy (non-hydrogen) atoms. The van der Waals surface area contributed by atoms with Crippen molar-refractivity contribution in [1.82, 2.24) is 0 Å². The van der Waals surface area contributed by atoms with Gasteiger partial charge in [0.1, 0.15) is 5.76 Å². The molecule has 0 amide bonds. The molecule has 1 atom stereocenters. The summed E-state index contributed by atoms with van der Waals surface area (Å²) in [7, 11) is -1.66. The molecule has 0 heterocycles. The van der Waals surface area contributed by atoms with Crippen LogP contribution >= 0.6 is 23.2 Å². The van der Waals surface area contributed by atoms with Gasteiger partial charge < -0.3 is 4.43 Å². The van der Waals surface area contributed by atoms with Crippen LogP contribution in [-0.4, -0.2) is 13.7 Å². The van der Waals surface area contributed by atoms with Crippen molar-refractivity contribution in [2.45, 2.75) is 52.7 Å². The Kier molecular flexibility index (Phi) is 6.45. The molecule has 0 spiro atoms. The molecule has 0 aromatic heterocycles. The van der Waals surface area contributed by atoms with Crippen LogP contribution in [0.2, 0.25) is 19.6 Å². The van der Waals surface area contributed by atoms with Crippen LogP contribution in [-0.2, 0) is 4.43 Å². The Labute approximate surface area is 111 Å². The number of allylic oxidation sites excluding steroid dienone is 2. The third-order valence-electron chi connectivity index (χ3n) is 1.99. The lowest BCUT2D eigenvalue weighted by Gasteiger charge is -2.28. The second-order valence-corrected chi connectivity index (χ2v) is 11.0. The highest BCUT2D eigenvalue weighted by molar-refractivity contribution is 6.70. The highest BCUT2D eigenvalue weighted by Crippen LogP contribution is 2.31.